The maximum Gasteiger partial charge on any atom is 0.251 e. The fourth-order valence-electron chi connectivity index (χ4n) is 1.93. The molecule has 0 radical (unpaired) electrons. The SMILES string of the molecule is CCNc1cc(C(=O)NCCc2nccn2C)cc(Cl)n1. The van der Waals surface area contributed by atoms with E-state index in [4.69, 9.17) is 11.6 Å². The van der Waals surface area contributed by atoms with Gasteiger partial charge in [0, 0.05) is 44.5 Å². The van der Waals surface area contributed by atoms with Gasteiger partial charge in [0.2, 0.25) is 0 Å². The molecule has 0 aliphatic carbocycles. The van der Waals surface area contributed by atoms with Crippen molar-refractivity contribution in [3.8, 4) is 0 Å². The first-order valence-electron chi connectivity index (χ1n) is 6.76. The van der Waals surface area contributed by atoms with Crippen molar-refractivity contribution in [3.63, 3.8) is 0 Å². The predicted octanol–water partition coefficient (Wildman–Crippen LogP) is 1.87. The van der Waals surface area contributed by atoms with Gasteiger partial charge >= 0.3 is 0 Å². The number of nitrogens with zero attached hydrogens (tertiary/aromatic N) is 3. The number of aryl methyl sites for hydroxylation is 1. The van der Waals surface area contributed by atoms with Crippen LogP contribution in [0.4, 0.5) is 5.82 Å². The Morgan fingerprint density at radius 3 is 2.90 bits per heavy atom. The molecule has 0 bridgehead atoms. The highest BCUT2D eigenvalue weighted by Gasteiger charge is 2.09. The second kappa shape index (κ2) is 7.08. The summed E-state index contributed by atoms with van der Waals surface area (Å²) in [6.07, 6.45) is 4.29. The van der Waals surface area contributed by atoms with Crippen LogP contribution in [0.1, 0.15) is 23.1 Å². The van der Waals surface area contributed by atoms with Crippen LogP contribution in [0.2, 0.25) is 5.15 Å². The van der Waals surface area contributed by atoms with Crippen molar-refractivity contribution in [3.05, 3.63) is 41.1 Å². The summed E-state index contributed by atoms with van der Waals surface area (Å²) >= 11 is 5.92. The Labute approximate surface area is 128 Å². The third-order valence-corrected chi connectivity index (χ3v) is 3.16. The second-order valence-corrected chi connectivity index (χ2v) is 4.94. The minimum Gasteiger partial charge on any atom is -0.370 e. The third-order valence-electron chi connectivity index (χ3n) is 2.97. The number of pyridine rings is 1. The highest BCUT2D eigenvalue weighted by atomic mass is 35.5. The van der Waals surface area contributed by atoms with E-state index in [1.165, 1.54) is 0 Å². The molecule has 6 nitrogen and oxygen atoms in total. The van der Waals surface area contributed by atoms with Gasteiger partial charge in [-0.3, -0.25) is 4.79 Å². The molecule has 0 aromatic carbocycles. The minimum absolute atomic E-state index is 0.173. The molecule has 0 spiro atoms. The van der Waals surface area contributed by atoms with E-state index in [0.717, 1.165) is 5.82 Å². The van der Waals surface area contributed by atoms with Gasteiger partial charge in [-0.05, 0) is 19.1 Å². The number of amides is 1. The Morgan fingerprint density at radius 1 is 1.43 bits per heavy atom. The van der Waals surface area contributed by atoms with Crippen molar-refractivity contribution < 1.29 is 4.79 Å². The fourth-order valence-corrected chi connectivity index (χ4v) is 2.14. The van der Waals surface area contributed by atoms with Gasteiger partial charge < -0.3 is 15.2 Å². The molecule has 2 rings (SSSR count). The lowest BCUT2D eigenvalue weighted by atomic mass is 10.2. The van der Waals surface area contributed by atoms with Gasteiger partial charge in [0.05, 0.1) is 0 Å². The number of nitrogens with one attached hydrogen (secondary N) is 2. The van der Waals surface area contributed by atoms with E-state index in [1.807, 2.05) is 24.7 Å². The van der Waals surface area contributed by atoms with Crippen LogP contribution < -0.4 is 10.6 Å². The van der Waals surface area contributed by atoms with Crippen molar-refractivity contribution in [2.24, 2.45) is 7.05 Å². The first kappa shape index (κ1) is 15.3. The fraction of sp³-hybridized carbons (Fsp3) is 0.357. The maximum absolute atomic E-state index is 12.1. The monoisotopic (exact) mass is 307 g/mol. The van der Waals surface area contributed by atoms with Crippen molar-refractivity contribution in [2.75, 3.05) is 18.4 Å². The Kier molecular flexibility index (Phi) is 5.16. The van der Waals surface area contributed by atoms with E-state index >= 15 is 0 Å². The zero-order chi connectivity index (χ0) is 15.2. The van der Waals surface area contributed by atoms with Crippen molar-refractivity contribution in [1.82, 2.24) is 19.9 Å². The van der Waals surface area contributed by atoms with Gasteiger partial charge in [-0.2, -0.15) is 0 Å². The van der Waals surface area contributed by atoms with Gasteiger partial charge in [0.1, 0.15) is 16.8 Å². The van der Waals surface area contributed by atoms with Crippen LogP contribution in [-0.2, 0) is 13.5 Å². The van der Waals surface area contributed by atoms with Crippen LogP contribution in [-0.4, -0.2) is 33.5 Å². The number of imidazole rings is 1. The van der Waals surface area contributed by atoms with Gasteiger partial charge in [0.15, 0.2) is 0 Å². The summed E-state index contributed by atoms with van der Waals surface area (Å²) in [6, 6.07) is 3.24. The molecule has 2 aromatic rings. The normalized spacial score (nSPS) is 10.4. The highest BCUT2D eigenvalue weighted by Crippen LogP contribution is 2.14. The number of aromatic nitrogens is 3. The molecule has 2 N–H and O–H groups in total. The smallest absolute Gasteiger partial charge is 0.251 e. The largest absolute Gasteiger partial charge is 0.370 e. The molecule has 0 aliphatic rings. The zero-order valence-electron chi connectivity index (χ0n) is 12.1. The molecule has 0 saturated heterocycles. The Balaban J connectivity index is 1.95. The molecular formula is C14H18ClN5O. The van der Waals surface area contributed by atoms with E-state index in [2.05, 4.69) is 20.6 Å². The van der Waals surface area contributed by atoms with Crippen molar-refractivity contribution in [2.45, 2.75) is 13.3 Å². The summed E-state index contributed by atoms with van der Waals surface area (Å²) in [6.45, 7) is 3.18. The van der Waals surface area contributed by atoms with Gasteiger partial charge in [-0.1, -0.05) is 11.6 Å². The van der Waals surface area contributed by atoms with Gasteiger partial charge in [0.25, 0.3) is 5.91 Å². The van der Waals surface area contributed by atoms with E-state index in [0.29, 0.717) is 36.0 Å². The average Bonchev–Trinajstić information content (AvgIpc) is 2.84. The summed E-state index contributed by atoms with van der Waals surface area (Å²) in [7, 11) is 1.93. The Hall–Kier alpha value is -2.08. The molecule has 0 fully saturated rings. The molecule has 0 unspecified atom stereocenters. The molecule has 2 heterocycles. The molecule has 0 atom stereocenters. The number of carbonyl (C=O) groups excluding carboxylic acids is 1. The van der Waals surface area contributed by atoms with Crippen LogP contribution in [0.15, 0.2) is 24.5 Å². The number of halogens is 1. The first-order chi connectivity index (χ1) is 10.1. The average molecular weight is 308 g/mol. The van der Waals surface area contributed by atoms with E-state index < -0.39 is 0 Å². The van der Waals surface area contributed by atoms with E-state index in [-0.39, 0.29) is 5.91 Å². The number of anilines is 1. The second-order valence-electron chi connectivity index (χ2n) is 4.55. The predicted molar refractivity (Wildman–Crippen MR) is 82.7 cm³/mol. The lowest BCUT2D eigenvalue weighted by Gasteiger charge is -2.08. The van der Waals surface area contributed by atoms with E-state index in [9.17, 15) is 4.79 Å². The lowest BCUT2D eigenvalue weighted by Crippen LogP contribution is -2.26. The van der Waals surface area contributed by atoms with Crippen molar-refractivity contribution >= 4 is 23.3 Å². The molecule has 0 aliphatic heterocycles. The number of rotatable bonds is 6. The topological polar surface area (TPSA) is 71.8 Å². The minimum atomic E-state index is -0.173. The molecule has 0 saturated carbocycles. The Bertz CT molecular complexity index is 626. The molecule has 1 amide bonds. The summed E-state index contributed by atoms with van der Waals surface area (Å²) in [5.41, 5.74) is 0.491. The van der Waals surface area contributed by atoms with Gasteiger partial charge in [-0.25, -0.2) is 9.97 Å². The maximum atomic E-state index is 12.1. The van der Waals surface area contributed by atoms with Crippen LogP contribution >= 0.6 is 11.6 Å². The lowest BCUT2D eigenvalue weighted by molar-refractivity contribution is 0.0954. The Morgan fingerprint density at radius 2 is 2.24 bits per heavy atom. The zero-order valence-corrected chi connectivity index (χ0v) is 12.8. The van der Waals surface area contributed by atoms with Crippen LogP contribution in [0, 0.1) is 0 Å². The van der Waals surface area contributed by atoms with Crippen LogP contribution in [0.5, 0.6) is 0 Å². The summed E-state index contributed by atoms with van der Waals surface area (Å²) < 4.78 is 1.93. The van der Waals surface area contributed by atoms with Crippen LogP contribution in [0.3, 0.4) is 0 Å². The quantitative estimate of drug-likeness (QED) is 0.799. The van der Waals surface area contributed by atoms with Crippen LogP contribution in [0.25, 0.3) is 0 Å². The molecular weight excluding hydrogens is 290 g/mol. The molecule has 112 valence electrons. The number of hydrogen-bond donors (Lipinski definition) is 2. The number of hydrogen-bond acceptors (Lipinski definition) is 4. The highest BCUT2D eigenvalue weighted by molar-refractivity contribution is 6.29. The number of carbonyl (C=O) groups is 1. The first-order valence-corrected chi connectivity index (χ1v) is 7.13. The molecule has 21 heavy (non-hydrogen) atoms. The summed E-state index contributed by atoms with van der Waals surface area (Å²) in [4.78, 5) is 20.4. The summed E-state index contributed by atoms with van der Waals surface area (Å²) in [5.74, 6) is 1.35. The third kappa shape index (κ3) is 4.19. The molecule has 2 aromatic heterocycles. The van der Waals surface area contributed by atoms with Gasteiger partial charge in [-0.15, -0.1) is 0 Å². The van der Waals surface area contributed by atoms with E-state index in [1.54, 1.807) is 18.3 Å². The summed E-state index contributed by atoms with van der Waals surface area (Å²) in [5, 5.41) is 6.19. The standard InChI is InChI=1S/C14H18ClN5O/c1-3-16-12-9-10(8-11(15)19-12)14(21)18-5-4-13-17-6-7-20(13)2/h6-9H,3-5H2,1-2H3,(H,16,19)(H,18,21). The molecule has 7 heteroatoms. The van der Waals surface area contributed by atoms with Crippen molar-refractivity contribution in [1.29, 1.82) is 0 Å².